The minimum atomic E-state index is -0.714. The molecule has 1 saturated heterocycles. The molecule has 18 heavy (non-hydrogen) atoms. The molecule has 0 aromatic heterocycles. The lowest BCUT2D eigenvalue weighted by molar-refractivity contribution is -0.264. The van der Waals surface area contributed by atoms with E-state index in [4.69, 9.17) is 14.2 Å². The maximum absolute atomic E-state index is 11.6. The third-order valence-corrected chi connectivity index (χ3v) is 2.73. The summed E-state index contributed by atoms with van der Waals surface area (Å²) >= 11 is 0. The van der Waals surface area contributed by atoms with Crippen molar-refractivity contribution >= 4 is 5.78 Å². The van der Waals surface area contributed by atoms with Crippen LogP contribution in [0.15, 0.2) is 30.3 Å². The number of ketones is 1. The normalized spacial score (nSPS) is 23.0. The molecule has 1 atom stereocenters. The standard InChI is InChI=1S/C14H18O4/c1-14(2)17-9-12(15)13(18-14)10-16-8-11-6-4-3-5-7-11/h3-7,13H,8-10H2,1-2H3. The molecule has 1 fully saturated rings. The van der Waals surface area contributed by atoms with E-state index < -0.39 is 11.9 Å². The maximum Gasteiger partial charge on any atom is 0.189 e. The van der Waals surface area contributed by atoms with Crippen LogP contribution in [-0.4, -0.2) is 30.9 Å². The summed E-state index contributed by atoms with van der Waals surface area (Å²) in [6.45, 7) is 4.43. The van der Waals surface area contributed by atoms with Gasteiger partial charge in [0.15, 0.2) is 11.6 Å². The van der Waals surface area contributed by atoms with E-state index in [1.54, 1.807) is 13.8 Å². The summed E-state index contributed by atoms with van der Waals surface area (Å²) in [7, 11) is 0. The lowest BCUT2D eigenvalue weighted by atomic mass is 10.2. The summed E-state index contributed by atoms with van der Waals surface area (Å²) in [5.74, 6) is -0.781. The van der Waals surface area contributed by atoms with E-state index in [0.29, 0.717) is 6.61 Å². The highest BCUT2D eigenvalue weighted by atomic mass is 16.7. The van der Waals surface area contributed by atoms with E-state index in [0.717, 1.165) is 5.56 Å². The largest absolute Gasteiger partial charge is 0.374 e. The molecule has 1 heterocycles. The highest BCUT2D eigenvalue weighted by molar-refractivity contribution is 5.84. The van der Waals surface area contributed by atoms with Gasteiger partial charge < -0.3 is 14.2 Å². The van der Waals surface area contributed by atoms with E-state index in [2.05, 4.69) is 0 Å². The van der Waals surface area contributed by atoms with Gasteiger partial charge in [-0.15, -0.1) is 0 Å². The van der Waals surface area contributed by atoms with Crippen LogP contribution in [0.1, 0.15) is 19.4 Å². The zero-order valence-electron chi connectivity index (χ0n) is 10.7. The van der Waals surface area contributed by atoms with Gasteiger partial charge in [-0.2, -0.15) is 0 Å². The second-order valence-corrected chi connectivity index (χ2v) is 4.76. The first-order chi connectivity index (χ1) is 8.57. The average Bonchev–Trinajstić information content (AvgIpc) is 2.35. The number of hydrogen-bond acceptors (Lipinski definition) is 4. The van der Waals surface area contributed by atoms with Gasteiger partial charge in [0.25, 0.3) is 0 Å². The van der Waals surface area contributed by atoms with Crippen molar-refractivity contribution in [3.05, 3.63) is 35.9 Å². The van der Waals surface area contributed by atoms with Gasteiger partial charge >= 0.3 is 0 Å². The van der Waals surface area contributed by atoms with Crippen molar-refractivity contribution in [2.24, 2.45) is 0 Å². The van der Waals surface area contributed by atoms with E-state index in [1.807, 2.05) is 30.3 Å². The molecule has 98 valence electrons. The van der Waals surface area contributed by atoms with Gasteiger partial charge in [0, 0.05) is 0 Å². The highest BCUT2D eigenvalue weighted by Crippen LogP contribution is 2.20. The van der Waals surface area contributed by atoms with Crippen molar-refractivity contribution < 1.29 is 19.0 Å². The van der Waals surface area contributed by atoms with E-state index in [9.17, 15) is 4.79 Å². The molecule has 1 aromatic carbocycles. The van der Waals surface area contributed by atoms with E-state index in [1.165, 1.54) is 0 Å². The Morgan fingerprint density at radius 3 is 2.78 bits per heavy atom. The molecule has 1 aliphatic rings. The molecular formula is C14H18O4. The first-order valence-corrected chi connectivity index (χ1v) is 6.03. The number of rotatable bonds is 4. The van der Waals surface area contributed by atoms with Crippen molar-refractivity contribution in [2.45, 2.75) is 32.3 Å². The Balaban J connectivity index is 1.81. The van der Waals surface area contributed by atoms with Gasteiger partial charge in [0.1, 0.15) is 12.7 Å². The Kier molecular flexibility index (Phi) is 4.11. The predicted octanol–water partition coefficient (Wildman–Crippen LogP) is 1.92. The third-order valence-electron chi connectivity index (χ3n) is 2.73. The Hall–Kier alpha value is -1.23. The fourth-order valence-corrected chi connectivity index (χ4v) is 1.77. The minimum Gasteiger partial charge on any atom is -0.374 e. The van der Waals surface area contributed by atoms with Crippen molar-refractivity contribution in [1.29, 1.82) is 0 Å². The zero-order chi connectivity index (χ0) is 13.0. The van der Waals surface area contributed by atoms with Crippen LogP contribution < -0.4 is 0 Å². The summed E-state index contributed by atoms with van der Waals surface area (Å²) in [6.07, 6.45) is -0.530. The lowest BCUT2D eigenvalue weighted by Gasteiger charge is -2.34. The summed E-state index contributed by atoms with van der Waals surface area (Å²) in [5.41, 5.74) is 1.08. The van der Waals surface area contributed by atoms with Crippen LogP contribution in [0.4, 0.5) is 0 Å². The summed E-state index contributed by atoms with van der Waals surface area (Å²) in [6, 6.07) is 9.83. The molecule has 1 unspecified atom stereocenters. The van der Waals surface area contributed by atoms with Gasteiger partial charge in [-0.1, -0.05) is 30.3 Å². The van der Waals surface area contributed by atoms with E-state index in [-0.39, 0.29) is 19.0 Å². The predicted molar refractivity (Wildman–Crippen MR) is 66.0 cm³/mol. The number of carbonyl (C=O) groups excluding carboxylic acids is 1. The van der Waals surface area contributed by atoms with Gasteiger partial charge in [-0.05, 0) is 19.4 Å². The minimum absolute atomic E-state index is 0.0672. The van der Waals surface area contributed by atoms with E-state index >= 15 is 0 Å². The van der Waals surface area contributed by atoms with Crippen LogP contribution in [-0.2, 0) is 25.6 Å². The lowest BCUT2D eigenvalue weighted by Crippen LogP contribution is -2.48. The van der Waals surface area contributed by atoms with Gasteiger partial charge in [0.05, 0.1) is 13.2 Å². The van der Waals surface area contributed by atoms with Crippen molar-refractivity contribution in [3.63, 3.8) is 0 Å². The second-order valence-electron chi connectivity index (χ2n) is 4.76. The molecule has 0 radical (unpaired) electrons. The molecular weight excluding hydrogens is 232 g/mol. The van der Waals surface area contributed by atoms with Gasteiger partial charge in [0.2, 0.25) is 0 Å². The Morgan fingerprint density at radius 1 is 1.33 bits per heavy atom. The molecule has 1 aromatic rings. The Morgan fingerprint density at radius 2 is 2.06 bits per heavy atom. The monoisotopic (exact) mass is 250 g/mol. The molecule has 0 saturated carbocycles. The molecule has 1 aliphatic heterocycles. The summed E-state index contributed by atoms with van der Waals surface area (Å²) in [4.78, 5) is 11.6. The first-order valence-electron chi connectivity index (χ1n) is 6.03. The molecule has 0 amide bonds. The van der Waals surface area contributed by atoms with Crippen LogP contribution in [0, 0.1) is 0 Å². The first kappa shape index (κ1) is 13.2. The molecule has 0 aliphatic carbocycles. The van der Waals surface area contributed by atoms with Crippen LogP contribution in [0.3, 0.4) is 0 Å². The second kappa shape index (κ2) is 5.61. The number of ether oxygens (including phenoxy) is 3. The molecule has 0 spiro atoms. The number of benzene rings is 1. The summed E-state index contributed by atoms with van der Waals surface area (Å²) < 4.78 is 16.3. The maximum atomic E-state index is 11.6. The molecule has 4 nitrogen and oxygen atoms in total. The third kappa shape index (κ3) is 3.63. The highest BCUT2D eigenvalue weighted by Gasteiger charge is 2.35. The molecule has 4 heteroatoms. The van der Waals surface area contributed by atoms with Crippen molar-refractivity contribution in [2.75, 3.05) is 13.2 Å². The molecule has 2 rings (SSSR count). The average molecular weight is 250 g/mol. The topological polar surface area (TPSA) is 44.8 Å². The molecule has 0 bridgehead atoms. The Labute approximate surface area is 107 Å². The number of hydrogen-bond donors (Lipinski definition) is 0. The smallest absolute Gasteiger partial charge is 0.189 e. The van der Waals surface area contributed by atoms with Crippen LogP contribution in [0.2, 0.25) is 0 Å². The fraction of sp³-hybridized carbons (Fsp3) is 0.500. The zero-order valence-corrected chi connectivity index (χ0v) is 10.7. The quantitative estimate of drug-likeness (QED) is 0.819. The fourth-order valence-electron chi connectivity index (χ4n) is 1.77. The van der Waals surface area contributed by atoms with Crippen LogP contribution in [0.5, 0.6) is 0 Å². The Bertz CT molecular complexity index is 400. The van der Waals surface area contributed by atoms with Crippen molar-refractivity contribution in [3.8, 4) is 0 Å². The van der Waals surface area contributed by atoms with Crippen LogP contribution in [0.25, 0.3) is 0 Å². The molecule has 0 N–H and O–H groups in total. The van der Waals surface area contributed by atoms with Gasteiger partial charge in [-0.3, -0.25) is 4.79 Å². The summed E-state index contributed by atoms with van der Waals surface area (Å²) in [5, 5.41) is 0. The van der Waals surface area contributed by atoms with Crippen LogP contribution >= 0.6 is 0 Å². The SMILES string of the molecule is CC1(C)OCC(=O)C(COCc2ccccc2)O1. The number of carbonyl (C=O) groups is 1. The van der Waals surface area contributed by atoms with Gasteiger partial charge in [-0.25, -0.2) is 0 Å². The number of Topliss-reactive ketones (excluding diaryl/α,β-unsaturated/α-hetero) is 1. The van der Waals surface area contributed by atoms with Crippen molar-refractivity contribution in [1.82, 2.24) is 0 Å².